The van der Waals surface area contributed by atoms with Crippen LogP contribution in [0.1, 0.15) is 43.2 Å². The molecule has 226 valence electrons. The van der Waals surface area contributed by atoms with Gasteiger partial charge in [0.2, 0.25) is 0 Å². The van der Waals surface area contributed by atoms with Crippen LogP contribution in [-0.4, -0.2) is 9.97 Å². The zero-order valence-corrected chi connectivity index (χ0v) is 26.2. The third-order valence-electron chi connectivity index (χ3n) is 12.3. The van der Waals surface area contributed by atoms with Crippen LogP contribution in [0.3, 0.4) is 0 Å². The minimum atomic E-state index is -0.0547. The van der Waals surface area contributed by atoms with Crippen molar-refractivity contribution in [2.75, 3.05) is 0 Å². The van der Waals surface area contributed by atoms with Crippen LogP contribution in [0.2, 0.25) is 0 Å². The van der Waals surface area contributed by atoms with Crippen LogP contribution in [0.15, 0.2) is 126 Å². The SMILES string of the molecule is c1ccc(-c2cc(-c3ccccc3)nc(-c3cccc4c3C3(c5ccc6c(oc7ccccc76)c5-4)C4CC5CC(C4)CC3C5)n2)cc1. The fourth-order valence-electron chi connectivity index (χ4n) is 10.8. The van der Waals surface area contributed by atoms with E-state index >= 15 is 0 Å². The van der Waals surface area contributed by atoms with E-state index in [1.807, 2.05) is 0 Å². The summed E-state index contributed by atoms with van der Waals surface area (Å²) in [6.45, 7) is 0. The molecule has 47 heavy (non-hydrogen) atoms. The molecule has 2 heterocycles. The maximum atomic E-state index is 6.81. The van der Waals surface area contributed by atoms with Gasteiger partial charge in [0.15, 0.2) is 5.82 Å². The minimum absolute atomic E-state index is 0.0547. The van der Waals surface area contributed by atoms with Crippen molar-refractivity contribution < 1.29 is 4.42 Å². The van der Waals surface area contributed by atoms with Gasteiger partial charge in [-0.25, -0.2) is 9.97 Å². The van der Waals surface area contributed by atoms with E-state index in [0.29, 0.717) is 11.8 Å². The Labute approximate surface area is 274 Å². The number of furan rings is 1. The summed E-state index contributed by atoms with van der Waals surface area (Å²) < 4.78 is 6.81. The number of benzene rings is 5. The highest BCUT2D eigenvalue weighted by atomic mass is 16.3. The van der Waals surface area contributed by atoms with Gasteiger partial charge >= 0.3 is 0 Å². The van der Waals surface area contributed by atoms with Crippen molar-refractivity contribution in [3.63, 3.8) is 0 Å². The molecule has 0 N–H and O–H groups in total. The van der Waals surface area contributed by atoms with Gasteiger partial charge in [0.25, 0.3) is 0 Å². The van der Waals surface area contributed by atoms with Crippen molar-refractivity contribution in [1.29, 1.82) is 0 Å². The van der Waals surface area contributed by atoms with Gasteiger partial charge in [-0.1, -0.05) is 109 Å². The van der Waals surface area contributed by atoms with Crippen LogP contribution in [0, 0.1) is 23.7 Å². The Bertz CT molecular complexity index is 2280. The van der Waals surface area contributed by atoms with Gasteiger partial charge in [0.05, 0.1) is 11.4 Å². The summed E-state index contributed by atoms with van der Waals surface area (Å²) in [6, 6.07) is 43.6. The van der Waals surface area contributed by atoms with Gasteiger partial charge in [-0.2, -0.15) is 0 Å². The summed E-state index contributed by atoms with van der Waals surface area (Å²) in [4.78, 5) is 10.8. The van der Waals surface area contributed by atoms with Crippen molar-refractivity contribution in [2.24, 2.45) is 23.7 Å². The summed E-state index contributed by atoms with van der Waals surface area (Å²) in [6.07, 6.45) is 6.70. The second-order valence-corrected chi connectivity index (χ2v) is 14.6. The predicted octanol–water partition coefficient (Wildman–Crippen LogP) is 11.1. The van der Waals surface area contributed by atoms with Gasteiger partial charge in [-0.15, -0.1) is 0 Å². The van der Waals surface area contributed by atoms with Crippen LogP contribution < -0.4 is 0 Å². The highest BCUT2D eigenvalue weighted by Crippen LogP contribution is 2.71. The monoisotopic (exact) mass is 606 g/mol. The molecule has 0 aliphatic heterocycles. The molecule has 7 aromatic rings. The molecule has 3 nitrogen and oxygen atoms in total. The molecule has 2 aromatic heterocycles. The van der Waals surface area contributed by atoms with E-state index in [-0.39, 0.29) is 5.41 Å². The molecular formula is C44H34N2O. The van der Waals surface area contributed by atoms with Crippen LogP contribution in [-0.2, 0) is 5.41 Å². The zero-order valence-electron chi connectivity index (χ0n) is 26.2. The average molecular weight is 607 g/mol. The van der Waals surface area contributed by atoms with Crippen molar-refractivity contribution in [3.05, 3.63) is 132 Å². The molecule has 5 aliphatic rings. The van der Waals surface area contributed by atoms with E-state index in [1.54, 1.807) is 0 Å². The Hall–Kier alpha value is -5.02. The first-order chi connectivity index (χ1) is 23.3. The topological polar surface area (TPSA) is 38.9 Å². The number of hydrogen-bond donors (Lipinski definition) is 0. The molecule has 0 saturated heterocycles. The third kappa shape index (κ3) is 3.52. The summed E-state index contributed by atoms with van der Waals surface area (Å²) in [5.74, 6) is 3.78. The highest BCUT2D eigenvalue weighted by molar-refractivity contribution is 6.12. The molecule has 0 amide bonds. The number of para-hydroxylation sites is 1. The maximum absolute atomic E-state index is 6.81. The lowest BCUT2D eigenvalue weighted by atomic mass is 9.43. The summed E-state index contributed by atoms with van der Waals surface area (Å²) >= 11 is 0. The molecule has 5 aromatic carbocycles. The van der Waals surface area contributed by atoms with Gasteiger partial charge < -0.3 is 4.42 Å². The number of aromatic nitrogens is 2. The fraction of sp³-hybridized carbons (Fsp3) is 0.227. The Morgan fingerprint density at radius 3 is 1.85 bits per heavy atom. The van der Waals surface area contributed by atoms with Gasteiger partial charge in [0.1, 0.15) is 11.2 Å². The van der Waals surface area contributed by atoms with E-state index < -0.39 is 0 Å². The van der Waals surface area contributed by atoms with E-state index in [2.05, 4.69) is 121 Å². The fourth-order valence-corrected chi connectivity index (χ4v) is 10.8. The molecule has 0 unspecified atom stereocenters. The number of hydrogen-bond acceptors (Lipinski definition) is 3. The first kappa shape index (κ1) is 26.1. The first-order valence-corrected chi connectivity index (χ1v) is 17.3. The maximum Gasteiger partial charge on any atom is 0.160 e. The zero-order chi connectivity index (χ0) is 30.7. The highest BCUT2D eigenvalue weighted by Gasteiger charge is 2.62. The molecule has 3 heteroatoms. The van der Waals surface area contributed by atoms with Crippen LogP contribution >= 0.6 is 0 Å². The predicted molar refractivity (Wildman–Crippen MR) is 189 cm³/mol. The van der Waals surface area contributed by atoms with Crippen molar-refractivity contribution in [2.45, 2.75) is 37.5 Å². The van der Waals surface area contributed by atoms with E-state index in [9.17, 15) is 0 Å². The average Bonchev–Trinajstić information content (AvgIpc) is 3.65. The second-order valence-electron chi connectivity index (χ2n) is 14.6. The number of nitrogens with zero attached hydrogens (tertiary/aromatic N) is 2. The Morgan fingerprint density at radius 2 is 1.17 bits per heavy atom. The number of fused-ring (bicyclic) bond motifs is 7. The van der Waals surface area contributed by atoms with Crippen molar-refractivity contribution in [3.8, 4) is 45.0 Å². The smallest absolute Gasteiger partial charge is 0.160 e. The standard InChI is InChI=1S/C44H34N2O/c1-3-10-28(11-4-1)37-25-38(29-12-5-2-6-13-29)46-43(45-37)35-16-9-15-34-40-36(19-18-33-32-14-7-8-17-39(32)47-42(33)40)44(41(34)35)30-21-26-20-27(23-30)24-31(44)22-26/h1-19,25-27,30-31H,20-24H2. The van der Waals surface area contributed by atoms with Crippen LogP contribution in [0.25, 0.3) is 67.0 Å². The molecule has 12 rings (SSSR count). The van der Waals surface area contributed by atoms with Crippen molar-refractivity contribution >= 4 is 21.9 Å². The van der Waals surface area contributed by atoms with Gasteiger partial charge in [0, 0.05) is 38.4 Å². The van der Waals surface area contributed by atoms with Gasteiger partial charge in [-0.3, -0.25) is 0 Å². The van der Waals surface area contributed by atoms with Gasteiger partial charge in [-0.05, 0) is 84.6 Å². The molecule has 4 saturated carbocycles. The summed E-state index contributed by atoms with van der Waals surface area (Å²) in [5.41, 5.74) is 12.9. The minimum Gasteiger partial charge on any atom is -0.455 e. The molecule has 4 fully saturated rings. The second kappa shape index (κ2) is 9.51. The third-order valence-corrected chi connectivity index (χ3v) is 12.3. The normalized spacial score (nSPS) is 25.1. The lowest BCUT2D eigenvalue weighted by Gasteiger charge is -2.61. The molecule has 4 bridgehead atoms. The van der Waals surface area contributed by atoms with Crippen LogP contribution in [0.4, 0.5) is 0 Å². The molecular weight excluding hydrogens is 572 g/mol. The first-order valence-electron chi connectivity index (χ1n) is 17.3. The van der Waals surface area contributed by atoms with Crippen LogP contribution in [0.5, 0.6) is 0 Å². The Balaban J connectivity index is 1.23. The summed E-state index contributed by atoms with van der Waals surface area (Å²) in [5, 5.41) is 2.41. The number of rotatable bonds is 3. The van der Waals surface area contributed by atoms with E-state index in [4.69, 9.17) is 14.4 Å². The largest absolute Gasteiger partial charge is 0.455 e. The molecule has 0 radical (unpaired) electrons. The quantitative estimate of drug-likeness (QED) is 0.201. The molecule has 0 atom stereocenters. The van der Waals surface area contributed by atoms with E-state index in [1.165, 1.54) is 70.7 Å². The lowest BCUT2D eigenvalue weighted by Crippen LogP contribution is -2.55. The molecule has 5 aliphatic carbocycles. The Morgan fingerprint density at radius 1 is 0.553 bits per heavy atom. The summed E-state index contributed by atoms with van der Waals surface area (Å²) in [7, 11) is 0. The Kier molecular flexibility index (Phi) is 5.28. The van der Waals surface area contributed by atoms with Crippen molar-refractivity contribution in [1.82, 2.24) is 9.97 Å². The molecule has 1 spiro atoms. The lowest BCUT2D eigenvalue weighted by molar-refractivity contribution is -0.0397. The van der Waals surface area contributed by atoms with E-state index in [0.717, 1.165) is 51.3 Å².